The minimum absolute atomic E-state index is 0.0433. The van der Waals surface area contributed by atoms with Gasteiger partial charge in [-0.1, -0.05) is 18.2 Å². The van der Waals surface area contributed by atoms with Gasteiger partial charge >= 0.3 is 0 Å². The minimum atomic E-state index is -1.27. The molecular formula is C17H14O5. The largest absolute Gasteiger partial charge is 0.508 e. The van der Waals surface area contributed by atoms with E-state index in [1.165, 1.54) is 24.3 Å². The zero-order valence-corrected chi connectivity index (χ0v) is 11.6. The van der Waals surface area contributed by atoms with Gasteiger partial charge in [0.2, 0.25) is 0 Å². The van der Waals surface area contributed by atoms with Crippen molar-refractivity contribution in [2.45, 2.75) is 6.10 Å². The van der Waals surface area contributed by atoms with Crippen LogP contribution in [0.1, 0.15) is 27.8 Å². The first-order chi connectivity index (χ1) is 10.6. The highest BCUT2D eigenvalue weighted by molar-refractivity contribution is 6.17. The highest BCUT2D eigenvalue weighted by atomic mass is 16.4. The fourth-order valence-electron chi connectivity index (χ4n) is 2.37. The molecule has 5 heteroatoms. The first-order valence-corrected chi connectivity index (χ1v) is 6.76. The smallest absolute Gasteiger partial charge is 0.197 e. The summed E-state index contributed by atoms with van der Waals surface area (Å²) >= 11 is 0. The molecule has 0 aliphatic rings. The number of carbonyl (C=O) groups excluding carboxylic acids is 1. The van der Waals surface area contributed by atoms with Gasteiger partial charge in [0.15, 0.2) is 5.78 Å². The standard InChI is InChI=1S/C17H14O5/c18-9-13(20)17-15(12-3-1-2-4-14(12)22-17)16(21)10-5-7-11(19)8-6-10/h1-8,13,18-20H,9H2. The van der Waals surface area contributed by atoms with Crippen LogP contribution in [-0.4, -0.2) is 27.7 Å². The van der Waals surface area contributed by atoms with E-state index in [1.807, 2.05) is 0 Å². The number of fused-ring (bicyclic) bond motifs is 1. The summed E-state index contributed by atoms with van der Waals surface area (Å²) in [7, 11) is 0. The van der Waals surface area contributed by atoms with Crippen molar-refractivity contribution in [3.8, 4) is 5.75 Å². The summed E-state index contributed by atoms with van der Waals surface area (Å²) in [5, 5.41) is 29.0. The Labute approximate surface area is 126 Å². The van der Waals surface area contributed by atoms with Crippen LogP contribution in [0, 0.1) is 0 Å². The molecule has 22 heavy (non-hydrogen) atoms. The normalized spacial score (nSPS) is 12.5. The fourth-order valence-corrected chi connectivity index (χ4v) is 2.37. The van der Waals surface area contributed by atoms with Gasteiger partial charge in [-0.3, -0.25) is 4.79 Å². The summed E-state index contributed by atoms with van der Waals surface area (Å²) in [6.45, 7) is -0.546. The molecule has 1 aromatic heterocycles. The Balaban J connectivity index is 2.19. The molecule has 2 aromatic carbocycles. The van der Waals surface area contributed by atoms with Crippen LogP contribution in [0.4, 0.5) is 0 Å². The lowest BCUT2D eigenvalue weighted by molar-refractivity contribution is 0.0768. The molecule has 1 heterocycles. The second kappa shape index (κ2) is 5.63. The van der Waals surface area contributed by atoms with Crippen molar-refractivity contribution in [1.82, 2.24) is 0 Å². The zero-order valence-electron chi connectivity index (χ0n) is 11.6. The predicted molar refractivity (Wildman–Crippen MR) is 79.8 cm³/mol. The summed E-state index contributed by atoms with van der Waals surface area (Å²) < 4.78 is 5.54. The third kappa shape index (κ3) is 2.36. The maximum Gasteiger partial charge on any atom is 0.197 e. The van der Waals surface area contributed by atoms with E-state index in [4.69, 9.17) is 4.42 Å². The molecule has 0 spiro atoms. The number of aliphatic hydroxyl groups excluding tert-OH is 2. The van der Waals surface area contributed by atoms with Gasteiger partial charge in [-0.15, -0.1) is 0 Å². The Bertz CT molecular complexity index is 817. The van der Waals surface area contributed by atoms with Crippen molar-refractivity contribution in [2.75, 3.05) is 6.61 Å². The van der Waals surface area contributed by atoms with E-state index in [1.54, 1.807) is 24.3 Å². The van der Waals surface area contributed by atoms with Crippen LogP contribution in [0.2, 0.25) is 0 Å². The summed E-state index contributed by atoms with van der Waals surface area (Å²) in [5.74, 6) is -0.238. The lowest BCUT2D eigenvalue weighted by Crippen LogP contribution is -2.09. The van der Waals surface area contributed by atoms with Crippen LogP contribution in [-0.2, 0) is 0 Å². The third-order valence-corrected chi connectivity index (χ3v) is 3.45. The number of para-hydroxylation sites is 1. The molecule has 0 fully saturated rings. The van der Waals surface area contributed by atoms with Crippen LogP contribution >= 0.6 is 0 Å². The zero-order chi connectivity index (χ0) is 15.7. The number of carbonyl (C=O) groups is 1. The molecule has 0 aliphatic heterocycles. The van der Waals surface area contributed by atoms with Crippen LogP contribution in [0.25, 0.3) is 11.0 Å². The van der Waals surface area contributed by atoms with Gasteiger partial charge in [-0.05, 0) is 30.3 Å². The Morgan fingerprint density at radius 2 is 1.77 bits per heavy atom. The highest BCUT2D eigenvalue weighted by Crippen LogP contribution is 2.32. The Morgan fingerprint density at radius 1 is 1.09 bits per heavy atom. The highest BCUT2D eigenvalue weighted by Gasteiger charge is 2.26. The molecule has 0 saturated heterocycles. The lowest BCUT2D eigenvalue weighted by Gasteiger charge is -2.07. The fraction of sp³-hybridized carbons (Fsp3) is 0.118. The van der Waals surface area contributed by atoms with Crippen molar-refractivity contribution in [3.63, 3.8) is 0 Å². The van der Waals surface area contributed by atoms with Crippen molar-refractivity contribution < 1.29 is 24.5 Å². The molecule has 0 amide bonds. The van der Waals surface area contributed by atoms with E-state index < -0.39 is 12.7 Å². The topological polar surface area (TPSA) is 90.9 Å². The van der Waals surface area contributed by atoms with Crippen molar-refractivity contribution >= 4 is 16.8 Å². The van der Waals surface area contributed by atoms with Gasteiger partial charge < -0.3 is 19.7 Å². The molecule has 3 rings (SSSR count). The lowest BCUT2D eigenvalue weighted by atomic mass is 9.98. The SMILES string of the molecule is O=C(c1ccc(O)cc1)c1c(C(O)CO)oc2ccccc12. The minimum Gasteiger partial charge on any atom is -0.508 e. The molecule has 1 unspecified atom stereocenters. The number of furan rings is 1. The van der Waals surface area contributed by atoms with Crippen molar-refractivity contribution in [3.05, 3.63) is 65.4 Å². The number of hydrogen-bond donors (Lipinski definition) is 3. The van der Waals surface area contributed by atoms with E-state index in [-0.39, 0.29) is 22.9 Å². The average molecular weight is 298 g/mol. The maximum absolute atomic E-state index is 12.7. The average Bonchev–Trinajstić information content (AvgIpc) is 2.93. The quantitative estimate of drug-likeness (QED) is 0.643. The molecule has 1 atom stereocenters. The molecule has 3 N–H and O–H groups in total. The predicted octanol–water partition coefficient (Wildman–Crippen LogP) is 2.40. The molecule has 0 bridgehead atoms. The van der Waals surface area contributed by atoms with Crippen molar-refractivity contribution in [2.24, 2.45) is 0 Å². The summed E-state index contributed by atoms with van der Waals surface area (Å²) in [6.07, 6.45) is -1.27. The summed E-state index contributed by atoms with van der Waals surface area (Å²) in [6, 6.07) is 12.8. The number of rotatable bonds is 4. The van der Waals surface area contributed by atoms with Gasteiger partial charge in [0.25, 0.3) is 0 Å². The van der Waals surface area contributed by atoms with Crippen molar-refractivity contribution in [1.29, 1.82) is 0 Å². The number of aromatic hydroxyl groups is 1. The summed E-state index contributed by atoms with van der Waals surface area (Å²) in [4.78, 5) is 12.7. The van der Waals surface area contributed by atoms with Gasteiger partial charge in [0, 0.05) is 10.9 Å². The first-order valence-electron chi connectivity index (χ1n) is 6.76. The second-order valence-corrected chi connectivity index (χ2v) is 4.91. The van der Waals surface area contributed by atoms with E-state index in [9.17, 15) is 20.1 Å². The van der Waals surface area contributed by atoms with E-state index in [2.05, 4.69) is 0 Å². The Morgan fingerprint density at radius 3 is 2.45 bits per heavy atom. The molecule has 112 valence electrons. The van der Waals surface area contributed by atoms with E-state index >= 15 is 0 Å². The molecule has 0 aliphatic carbocycles. The molecule has 0 saturated carbocycles. The Hall–Kier alpha value is -2.63. The number of benzene rings is 2. The number of phenols is 1. The van der Waals surface area contributed by atoms with E-state index in [0.717, 1.165) is 0 Å². The molecule has 5 nitrogen and oxygen atoms in total. The van der Waals surface area contributed by atoms with Gasteiger partial charge in [0.05, 0.1) is 12.2 Å². The molecular weight excluding hydrogens is 284 g/mol. The molecule has 0 radical (unpaired) electrons. The third-order valence-electron chi connectivity index (χ3n) is 3.45. The van der Waals surface area contributed by atoms with Crippen LogP contribution in [0.5, 0.6) is 5.75 Å². The first kappa shape index (κ1) is 14.3. The van der Waals surface area contributed by atoms with Crippen LogP contribution < -0.4 is 0 Å². The number of hydrogen-bond acceptors (Lipinski definition) is 5. The number of phenolic OH excluding ortho intramolecular Hbond substituents is 1. The van der Waals surface area contributed by atoms with Gasteiger partial charge in [-0.2, -0.15) is 0 Å². The number of aliphatic hydroxyl groups is 2. The van der Waals surface area contributed by atoms with Crippen LogP contribution in [0.3, 0.4) is 0 Å². The number of ketones is 1. The van der Waals surface area contributed by atoms with E-state index in [0.29, 0.717) is 16.5 Å². The van der Waals surface area contributed by atoms with Crippen LogP contribution in [0.15, 0.2) is 52.9 Å². The monoisotopic (exact) mass is 298 g/mol. The van der Waals surface area contributed by atoms with Gasteiger partial charge in [0.1, 0.15) is 23.2 Å². The van der Waals surface area contributed by atoms with Gasteiger partial charge in [-0.25, -0.2) is 0 Å². The summed E-state index contributed by atoms with van der Waals surface area (Å²) in [5.41, 5.74) is 1.05. The second-order valence-electron chi connectivity index (χ2n) is 4.91. The maximum atomic E-state index is 12.7. The Kier molecular flexibility index (Phi) is 3.66. The molecule has 3 aromatic rings.